The Kier molecular flexibility index (Phi) is 5.64. The van der Waals surface area contributed by atoms with Crippen LogP contribution in [0, 0.1) is 5.92 Å². The minimum atomic E-state index is 0.0277. The van der Waals surface area contributed by atoms with Crippen molar-refractivity contribution in [3.63, 3.8) is 0 Å². The Balaban J connectivity index is 3.40. The smallest absolute Gasteiger partial charge is 0.0828 e. The van der Waals surface area contributed by atoms with Crippen LogP contribution >= 0.6 is 0 Å². The Morgan fingerprint density at radius 1 is 1.40 bits per heavy atom. The normalized spacial score (nSPS) is 14.1. The van der Waals surface area contributed by atoms with E-state index in [9.17, 15) is 0 Å². The highest BCUT2D eigenvalue weighted by atomic mass is 16.5. The fourth-order valence-corrected chi connectivity index (χ4v) is 0.725. The van der Waals surface area contributed by atoms with E-state index in [0.717, 1.165) is 13.0 Å². The molecule has 0 heterocycles. The van der Waals surface area contributed by atoms with Gasteiger partial charge in [0.15, 0.2) is 0 Å². The lowest BCUT2D eigenvalue weighted by atomic mass is 10.1. The number of ether oxygens (including phenoxy) is 1. The van der Waals surface area contributed by atoms with Crippen molar-refractivity contribution in [3.05, 3.63) is 0 Å². The average Bonchev–Trinajstić information content (AvgIpc) is 1.89. The van der Waals surface area contributed by atoms with Gasteiger partial charge in [0.2, 0.25) is 0 Å². The number of aliphatic hydroxyl groups excluding tert-OH is 1. The highest BCUT2D eigenvalue weighted by Crippen LogP contribution is 2.05. The highest BCUT2D eigenvalue weighted by Gasteiger charge is 2.10. The van der Waals surface area contributed by atoms with Gasteiger partial charge in [-0.05, 0) is 12.3 Å². The number of aliphatic hydroxyl groups is 1. The maximum atomic E-state index is 8.80. The van der Waals surface area contributed by atoms with Crippen LogP contribution in [-0.4, -0.2) is 24.4 Å². The molecule has 0 amide bonds. The standard InChI is InChI=1S/C8H18O2/c1-4-5-10-8(6-9)7(2)3/h7-9H,4-6H2,1-3H3. The van der Waals surface area contributed by atoms with E-state index in [2.05, 4.69) is 20.8 Å². The van der Waals surface area contributed by atoms with Crippen molar-refractivity contribution in [3.8, 4) is 0 Å². The summed E-state index contributed by atoms with van der Waals surface area (Å²) in [5, 5.41) is 8.80. The molecule has 0 spiro atoms. The predicted molar refractivity (Wildman–Crippen MR) is 42.0 cm³/mol. The molecule has 0 radical (unpaired) electrons. The number of rotatable bonds is 5. The van der Waals surface area contributed by atoms with E-state index in [-0.39, 0.29) is 12.7 Å². The monoisotopic (exact) mass is 146 g/mol. The average molecular weight is 146 g/mol. The molecule has 0 bridgehead atoms. The van der Waals surface area contributed by atoms with E-state index < -0.39 is 0 Å². The molecule has 62 valence electrons. The Morgan fingerprint density at radius 2 is 2.00 bits per heavy atom. The van der Waals surface area contributed by atoms with E-state index in [1.165, 1.54) is 0 Å². The lowest BCUT2D eigenvalue weighted by Gasteiger charge is -2.18. The molecule has 0 aliphatic carbocycles. The second-order valence-electron chi connectivity index (χ2n) is 2.84. The van der Waals surface area contributed by atoms with Gasteiger partial charge < -0.3 is 9.84 Å². The molecule has 1 N–H and O–H groups in total. The van der Waals surface area contributed by atoms with Crippen LogP contribution in [0.25, 0.3) is 0 Å². The van der Waals surface area contributed by atoms with E-state index in [4.69, 9.17) is 9.84 Å². The molecule has 10 heavy (non-hydrogen) atoms. The topological polar surface area (TPSA) is 29.5 Å². The van der Waals surface area contributed by atoms with Gasteiger partial charge in [0, 0.05) is 6.61 Å². The zero-order chi connectivity index (χ0) is 7.98. The van der Waals surface area contributed by atoms with Gasteiger partial charge in [0.1, 0.15) is 0 Å². The summed E-state index contributed by atoms with van der Waals surface area (Å²) in [6, 6.07) is 0. The van der Waals surface area contributed by atoms with Crippen LogP contribution in [0.5, 0.6) is 0 Å². The first-order valence-corrected chi connectivity index (χ1v) is 3.94. The molecule has 0 aliphatic heterocycles. The zero-order valence-electron chi connectivity index (χ0n) is 7.13. The summed E-state index contributed by atoms with van der Waals surface area (Å²) in [7, 11) is 0. The molecule has 2 nitrogen and oxygen atoms in total. The lowest BCUT2D eigenvalue weighted by Crippen LogP contribution is -2.24. The Morgan fingerprint density at radius 3 is 2.30 bits per heavy atom. The molecule has 2 heteroatoms. The largest absolute Gasteiger partial charge is 0.394 e. The van der Waals surface area contributed by atoms with Crippen molar-refractivity contribution in [1.29, 1.82) is 0 Å². The molecule has 0 fully saturated rings. The first-order chi connectivity index (χ1) is 4.72. The molecule has 0 aromatic heterocycles. The molecule has 1 atom stereocenters. The van der Waals surface area contributed by atoms with Gasteiger partial charge in [-0.1, -0.05) is 20.8 Å². The lowest BCUT2D eigenvalue weighted by molar-refractivity contribution is -0.0138. The third kappa shape index (κ3) is 3.85. The number of hydrogen-bond acceptors (Lipinski definition) is 2. The molecule has 0 saturated carbocycles. The molecule has 0 rings (SSSR count). The quantitative estimate of drug-likeness (QED) is 0.635. The first kappa shape index (κ1) is 9.92. The predicted octanol–water partition coefficient (Wildman–Crippen LogP) is 1.43. The molecule has 0 aromatic rings. The van der Waals surface area contributed by atoms with Crippen molar-refractivity contribution >= 4 is 0 Å². The Hall–Kier alpha value is -0.0800. The Labute approximate surface area is 63.2 Å². The van der Waals surface area contributed by atoms with Gasteiger partial charge in [-0.15, -0.1) is 0 Å². The summed E-state index contributed by atoms with van der Waals surface area (Å²) >= 11 is 0. The molecule has 0 aromatic carbocycles. The van der Waals surface area contributed by atoms with Crippen LogP contribution in [0.4, 0.5) is 0 Å². The third-order valence-electron chi connectivity index (χ3n) is 1.46. The molecule has 1 unspecified atom stereocenters. The van der Waals surface area contributed by atoms with Crippen molar-refractivity contribution in [2.24, 2.45) is 5.92 Å². The minimum absolute atomic E-state index is 0.0277. The van der Waals surface area contributed by atoms with Gasteiger partial charge in [-0.25, -0.2) is 0 Å². The highest BCUT2D eigenvalue weighted by molar-refractivity contribution is 4.59. The van der Waals surface area contributed by atoms with E-state index >= 15 is 0 Å². The van der Waals surface area contributed by atoms with Gasteiger partial charge in [-0.2, -0.15) is 0 Å². The van der Waals surface area contributed by atoms with Crippen LogP contribution < -0.4 is 0 Å². The molecule has 0 aliphatic rings. The van der Waals surface area contributed by atoms with Gasteiger partial charge in [-0.3, -0.25) is 0 Å². The maximum absolute atomic E-state index is 8.80. The second-order valence-corrected chi connectivity index (χ2v) is 2.84. The van der Waals surface area contributed by atoms with Crippen LogP contribution in [0.15, 0.2) is 0 Å². The second kappa shape index (κ2) is 5.69. The van der Waals surface area contributed by atoms with Crippen molar-refractivity contribution in [2.45, 2.75) is 33.3 Å². The molecular weight excluding hydrogens is 128 g/mol. The minimum Gasteiger partial charge on any atom is -0.394 e. The van der Waals surface area contributed by atoms with Crippen molar-refractivity contribution in [1.82, 2.24) is 0 Å². The van der Waals surface area contributed by atoms with Crippen LogP contribution in [-0.2, 0) is 4.74 Å². The maximum Gasteiger partial charge on any atom is 0.0828 e. The van der Waals surface area contributed by atoms with Crippen LogP contribution in [0.2, 0.25) is 0 Å². The van der Waals surface area contributed by atoms with Crippen LogP contribution in [0.3, 0.4) is 0 Å². The fraction of sp³-hybridized carbons (Fsp3) is 1.00. The van der Waals surface area contributed by atoms with E-state index in [1.807, 2.05) is 0 Å². The van der Waals surface area contributed by atoms with Crippen molar-refractivity contribution < 1.29 is 9.84 Å². The van der Waals surface area contributed by atoms with Crippen LogP contribution in [0.1, 0.15) is 27.2 Å². The van der Waals surface area contributed by atoms with E-state index in [1.54, 1.807) is 0 Å². The summed E-state index contributed by atoms with van der Waals surface area (Å²) in [4.78, 5) is 0. The number of hydrogen-bond donors (Lipinski definition) is 1. The Bertz CT molecular complexity index is 71.7. The van der Waals surface area contributed by atoms with E-state index in [0.29, 0.717) is 5.92 Å². The SMILES string of the molecule is CCCOC(CO)C(C)C. The summed E-state index contributed by atoms with van der Waals surface area (Å²) in [6.07, 6.45) is 1.04. The summed E-state index contributed by atoms with van der Waals surface area (Å²) in [5.74, 6) is 0.413. The van der Waals surface area contributed by atoms with Crippen molar-refractivity contribution in [2.75, 3.05) is 13.2 Å². The summed E-state index contributed by atoms with van der Waals surface area (Å²) < 4.78 is 5.35. The first-order valence-electron chi connectivity index (χ1n) is 3.94. The summed E-state index contributed by atoms with van der Waals surface area (Å²) in [6.45, 7) is 7.06. The summed E-state index contributed by atoms with van der Waals surface area (Å²) in [5.41, 5.74) is 0. The molecule has 0 saturated heterocycles. The fourth-order valence-electron chi connectivity index (χ4n) is 0.725. The van der Waals surface area contributed by atoms with Gasteiger partial charge in [0.25, 0.3) is 0 Å². The third-order valence-corrected chi connectivity index (χ3v) is 1.46. The van der Waals surface area contributed by atoms with Gasteiger partial charge in [0.05, 0.1) is 12.7 Å². The zero-order valence-corrected chi connectivity index (χ0v) is 7.13. The molecular formula is C8H18O2. The van der Waals surface area contributed by atoms with Gasteiger partial charge >= 0.3 is 0 Å².